The van der Waals surface area contributed by atoms with Crippen LogP contribution in [0.1, 0.15) is 16.9 Å². The summed E-state index contributed by atoms with van der Waals surface area (Å²) in [6.07, 6.45) is 2.09. The third kappa shape index (κ3) is 2.25. The van der Waals surface area contributed by atoms with Crippen molar-refractivity contribution >= 4 is 5.91 Å². The standard InChI is InChI=1S/C12H12F2N2O3/c13-12(14)19-9-1-2-10(15-4-9)11(17)16-7-3-8(16)6-18-5-7/h1-2,4,7-8,12H,3,5-6H2. The second-order valence-corrected chi connectivity index (χ2v) is 4.55. The molecule has 0 saturated carbocycles. The van der Waals surface area contributed by atoms with Gasteiger partial charge in [0.15, 0.2) is 0 Å². The third-order valence-corrected chi connectivity index (χ3v) is 3.37. The molecule has 1 aromatic rings. The summed E-state index contributed by atoms with van der Waals surface area (Å²) in [6, 6.07) is 2.95. The van der Waals surface area contributed by atoms with E-state index in [9.17, 15) is 13.6 Å². The number of alkyl halides is 2. The van der Waals surface area contributed by atoms with Gasteiger partial charge in [-0.25, -0.2) is 4.98 Å². The highest BCUT2D eigenvalue weighted by Crippen LogP contribution is 2.32. The fraction of sp³-hybridized carbons (Fsp3) is 0.500. The van der Waals surface area contributed by atoms with Crippen LogP contribution >= 0.6 is 0 Å². The molecule has 19 heavy (non-hydrogen) atoms. The van der Waals surface area contributed by atoms with E-state index < -0.39 is 6.61 Å². The van der Waals surface area contributed by atoms with E-state index in [1.54, 1.807) is 4.90 Å². The van der Waals surface area contributed by atoms with Crippen LogP contribution in [0, 0.1) is 0 Å². The van der Waals surface area contributed by atoms with Crippen LogP contribution in [0.5, 0.6) is 5.75 Å². The fourth-order valence-electron chi connectivity index (χ4n) is 2.48. The average Bonchev–Trinajstić information content (AvgIpc) is 2.39. The van der Waals surface area contributed by atoms with Crippen molar-refractivity contribution in [2.45, 2.75) is 25.1 Å². The summed E-state index contributed by atoms with van der Waals surface area (Å²) in [6.45, 7) is -1.79. The van der Waals surface area contributed by atoms with Gasteiger partial charge in [-0.15, -0.1) is 0 Å². The molecule has 2 bridgehead atoms. The first-order chi connectivity index (χ1) is 9.15. The van der Waals surface area contributed by atoms with Crippen LogP contribution in [0.2, 0.25) is 0 Å². The zero-order chi connectivity index (χ0) is 13.4. The second kappa shape index (κ2) is 4.73. The number of rotatable bonds is 3. The van der Waals surface area contributed by atoms with Crippen molar-refractivity contribution in [1.82, 2.24) is 9.88 Å². The second-order valence-electron chi connectivity index (χ2n) is 4.55. The van der Waals surface area contributed by atoms with E-state index in [4.69, 9.17) is 4.74 Å². The van der Waals surface area contributed by atoms with Gasteiger partial charge in [-0.2, -0.15) is 8.78 Å². The lowest BCUT2D eigenvalue weighted by Gasteiger charge is -2.52. The van der Waals surface area contributed by atoms with E-state index >= 15 is 0 Å². The van der Waals surface area contributed by atoms with E-state index in [0.29, 0.717) is 13.2 Å². The van der Waals surface area contributed by atoms with Crippen LogP contribution in [0.25, 0.3) is 0 Å². The normalized spacial score (nSPS) is 25.1. The molecule has 7 heteroatoms. The lowest BCUT2D eigenvalue weighted by Crippen LogP contribution is -2.65. The van der Waals surface area contributed by atoms with Crippen molar-refractivity contribution in [2.75, 3.05) is 13.2 Å². The minimum atomic E-state index is -2.89. The van der Waals surface area contributed by atoms with Crippen LogP contribution in [0.4, 0.5) is 8.78 Å². The van der Waals surface area contributed by atoms with E-state index in [0.717, 1.165) is 12.6 Å². The molecule has 5 nitrogen and oxygen atoms in total. The molecule has 2 aliphatic rings. The highest BCUT2D eigenvalue weighted by atomic mass is 19.3. The number of hydrogen-bond acceptors (Lipinski definition) is 4. The predicted molar refractivity (Wildman–Crippen MR) is 60.1 cm³/mol. The Morgan fingerprint density at radius 2 is 2.16 bits per heavy atom. The van der Waals surface area contributed by atoms with Gasteiger partial charge in [0, 0.05) is 0 Å². The molecular weight excluding hydrogens is 258 g/mol. The van der Waals surface area contributed by atoms with Gasteiger partial charge in [-0.05, 0) is 18.6 Å². The number of aromatic nitrogens is 1. The summed E-state index contributed by atoms with van der Waals surface area (Å²) >= 11 is 0. The number of nitrogens with zero attached hydrogens (tertiary/aromatic N) is 2. The average molecular weight is 270 g/mol. The Hall–Kier alpha value is -1.76. The topological polar surface area (TPSA) is 51.7 Å². The summed E-state index contributed by atoms with van der Waals surface area (Å²) in [5, 5.41) is 0. The summed E-state index contributed by atoms with van der Waals surface area (Å²) in [5.74, 6) is -0.244. The fourth-order valence-corrected chi connectivity index (χ4v) is 2.48. The number of amides is 1. The predicted octanol–water partition coefficient (Wildman–Crippen LogP) is 1.30. The molecule has 0 radical (unpaired) electrons. The number of ether oxygens (including phenoxy) is 2. The number of fused-ring (bicyclic) bond motifs is 2. The first-order valence-corrected chi connectivity index (χ1v) is 5.96. The largest absolute Gasteiger partial charge is 0.433 e. The Bertz CT molecular complexity index is 466. The van der Waals surface area contributed by atoms with E-state index in [1.165, 1.54) is 12.1 Å². The highest BCUT2D eigenvalue weighted by molar-refractivity contribution is 5.93. The molecular formula is C12H12F2N2O3. The Labute approximate surface area is 108 Å². The molecule has 2 aliphatic heterocycles. The number of carbonyl (C=O) groups is 1. The Kier molecular flexibility index (Phi) is 3.06. The minimum Gasteiger partial charge on any atom is -0.433 e. The van der Waals surface area contributed by atoms with Crippen molar-refractivity contribution in [3.8, 4) is 5.75 Å². The molecule has 2 fully saturated rings. The van der Waals surface area contributed by atoms with Crippen LogP contribution in [-0.4, -0.2) is 47.7 Å². The lowest BCUT2D eigenvalue weighted by atomic mass is 9.91. The zero-order valence-electron chi connectivity index (χ0n) is 9.96. The maximum absolute atomic E-state index is 12.2. The summed E-state index contributed by atoms with van der Waals surface area (Å²) in [7, 11) is 0. The first-order valence-electron chi connectivity index (χ1n) is 5.96. The molecule has 0 spiro atoms. The van der Waals surface area contributed by atoms with Gasteiger partial charge in [-0.3, -0.25) is 4.79 Å². The molecule has 1 amide bonds. The van der Waals surface area contributed by atoms with Crippen LogP contribution in [0.3, 0.4) is 0 Å². The smallest absolute Gasteiger partial charge is 0.387 e. The van der Waals surface area contributed by atoms with Gasteiger partial charge in [-0.1, -0.05) is 0 Å². The van der Waals surface area contributed by atoms with E-state index in [2.05, 4.69) is 9.72 Å². The van der Waals surface area contributed by atoms with Gasteiger partial charge in [0.1, 0.15) is 11.4 Å². The molecule has 3 heterocycles. The molecule has 1 aromatic heterocycles. The Morgan fingerprint density at radius 3 is 2.68 bits per heavy atom. The van der Waals surface area contributed by atoms with Gasteiger partial charge < -0.3 is 14.4 Å². The van der Waals surface area contributed by atoms with Crippen LogP contribution in [-0.2, 0) is 4.74 Å². The number of halogens is 2. The minimum absolute atomic E-state index is 0.0568. The zero-order valence-corrected chi connectivity index (χ0v) is 9.96. The van der Waals surface area contributed by atoms with Crippen LogP contribution in [0.15, 0.2) is 18.3 Å². The third-order valence-electron chi connectivity index (χ3n) is 3.37. The monoisotopic (exact) mass is 270 g/mol. The van der Waals surface area contributed by atoms with Crippen molar-refractivity contribution in [3.63, 3.8) is 0 Å². The molecule has 102 valence electrons. The van der Waals surface area contributed by atoms with Gasteiger partial charge in [0.25, 0.3) is 5.91 Å². The summed E-state index contributed by atoms with van der Waals surface area (Å²) < 4.78 is 33.5. The van der Waals surface area contributed by atoms with Gasteiger partial charge in [0.2, 0.25) is 0 Å². The van der Waals surface area contributed by atoms with Gasteiger partial charge in [0.05, 0.1) is 31.5 Å². The van der Waals surface area contributed by atoms with Crippen molar-refractivity contribution in [2.24, 2.45) is 0 Å². The maximum atomic E-state index is 12.2. The molecule has 3 rings (SSSR count). The number of morpholine rings is 1. The van der Waals surface area contributed by atoms with E-state index in [-0.39, 0.29) is 29.4 Å². The van der Waals surface area contributed by atoms with Crippen molar-refractivity contribution in [3.05, 3.63) is 24.0 Å². The summed E-state index contributed by atoms with van der Waals surface area (Å²) in [4.78, 5) is 17.8. The molecule has 0 N–H and O–H groups in total. The molecule has 2 unspecified atom stereocenters. The van der Waals surface area contributed by atoms with Crippen molar-refractivity contribution < 1.29 is 23.0 Å². The SMILES string of the molecule is O=C(c1ccc(OC(F)F)cn1)N1C2COCC1C2. The number of carbonyl (C=O) groups excluding carboxylic acids is 1. The lowest BCUT2D eigenvalue weighted by molar-refractivity contribution is -0.104. The molecule has 2 saturated heterocycles. The Balaban J connectivity index is 1.70. The summed E-state index contributed by atoms with van der Waals surface area (Å²) in [5.41, 5.74) is 0.234. The molecule has 2 atom stereocenters. The van der Waals surface area contributed by atoms with E-state index in [1.807, 2.05) is 0 Å². The number of hydrogen-bond donors (Lipinski definition) is 0. The van der Waals surface area contributed by atoms with Crippen LogP contribution < -0.4 is 4.74 Å². The highest BCUT2D eigenvalue weighted by Gasteiger charge is 2.45. The van der Waals surface area contributed by atoms with Gasteiger partial charge >= 0.3 is 6.61 Å². The quantitative estimate of drug-likeness (QED) is 0.830. The first kappa shape index (κ1) is 12.3. The number of pyridine rings is 1. The maximum Gasteiger partial charge on any atom is 0.387 e. The molecule has 0 aromatic carbocycles. The Morgan fingerprint density at radius 1 is 1.42 bits per heavy atom. The van der Waals surface area contributed by atoms with Crippen molar-refractivity contribution in [1.29, 1.82) is 0 Å². The molecule has 0 aliphatic carbocycles.